The molecule has 4 nitrogen and oxygen atoms in total. The maximum atomic E-state index is 12.0. The highest BCUT2D eigenvalue weighted by Gasteiger charge is 2.19. The van der Waals surface area contributed by atoms with Gasteiger partial charge in [-0.3, -0.25) is 4.79 Å². The highest BCUT2D eigenvalue weighted by molar-refractivity contribution is 14.1. The zero-order valence-electron chi connectivity index (χ0n) is 10.4. The van der Waals surface area contributed by atoms with E-state index in [2.05, 4.69) is 27.9 Å². The Bertz CT molecular complexity index is 424. The molecule has 1 amide bonds. The number of methoxy groups -OCH3 is 2. The SMILES string of the molecule is COC(OC)C(C)NC(=O)c1ccc(I)c(Cl)c1. The Morgan fingerprint density at radius 1 is 1.39 bits per heavy atom. The van der Waals surface area contributed by atoms with Crippen LogP contribution in [0.15, 0.2) is 18.2 Å². The number of carbonyl (C=O) groups excluding carboxylic acids is 1. The van der Waals surface area contributed by atoms with Crippen LogP contribution in [0.2, 0.25) is 5.02 Å². The lowest BCUT2D eigenvalue weighted by Gasteiger charge is -2.22. The number of amides is 1. The van der Waals surface area contributed by atoms with E-state index >= 15 is 0 Å². The first-order chi connectivity index (χ1) is 8.49. The number of carbonyl (C=O) groups is 1. The van der Waals surface area contributed by atoms with Crippen molar-refractivity contribution in [1.29, 1.82) is 0 Å². The van der Waals surface area contributed by atoms with Gasteiger partial charge in [0.2, 0.25) is 0 Å². The molecule has 1 N–H and O–H groups in total. The third-order valence-electron chi connectivity index (χ3n) is 2.41. The summed E-state index contributed by atoms with van der Waals surface area (Å²) >= 11 is 8.08. The highest BCUT2D eigenvalue weighted by atomic mass is 127. The molecule has 0 aliphatic heterocycles. The summed E-state index contributed by atoms with van der Waals surface area (Å²) in [6, 6.07) is 4.90. The van der Waals surface area contributed by atoms with E-state index in [-0.39, 0.29) is 11.9 Å². The predicted molar refractivity (Wildman–Crippen MR) is 78.9 cm³/mol. The minimum atomic E-state index is -0.478. The Hall–Kier alpha value is -0.370. The molecule has 18 heavy (non-hydrogen) atoms. The predicted octanol–water partition coefficient (Wildman–Crippen LogP) is 2.68. The van der Waals surface area contributed by atoms with Crippen LogP contribution in [0.25, 0.3) is 0 Å². The maximum absolute atomic E-state index is 12.0. The summed E-state index contributed by atoms with van der Waals surface area (Å²) in [6.45, 7) is 1.81. The van der Waals surface area contributed by atoms with Gasteiger partial charge in [0.05, 0.1) is 11.1 Å². The van der Waals surface area contributed by atoms with Crippen molar-refractivity contribution in [3.05, 3.63) is 32.4 Å². The maximum Gasteiger partial charge on any atom is 0.251 e. The molecule has 0 bridgehead atoms. The van der Waals surface area contributed by atoms with Crippen molar-refractivity contribution >= 4 is 40.1 Å². The van der Waals surface area contributed by atoms with Crippen LogP contribution in [0.4, 0.5) is 0 Å². The van der Waals surface area contributed by atoms with Crippen molar-refractivity contribution in [2.75, 3.05) is 14.2 Å². The second-order valence-corrected chi connectivity index (χ2v) is 5.30. The van der Waals surface area contributed by atoms with Gasteiger partial charge in [-0.2, -0.15) is 0 Å². The lowest BCUT2D eigenvalue weighted by Crippen LogP contribution is -2.42. The topological polar surface area (TPSA) is 47.6 Å². The van der Waals surface area contributed by atoms with E-state index in [0.717, 1.165) is 3.57 Å². The molecule has 0 saturated heterocycles. The summed E-state index contributed by atoms with van der Waals surface area (Å²) in [4.78, 5) is 12.0. The lowest BCUT2D eigenvalue weighted by molar-refractivity contribution is -0.117. The van der Waals surface area contributed by atoms with Crippen molar-refractivity contribution in [2.24, 2.45) is 0 Å². The van der Waals surface area contributed by atoms with Crippen LogP contribution in [0.1, 0.15) is 17.3 Å². The molecule has 0 aliphatic carbocycles. The molecule has 1 aromatic rings. The number of benzene rings is 1. The molecule has 6 heteroatoms. The zero-order valence-corrected chi connectivity index (χ0v) is 13.3. The van der Waals surface area contributed by atoms with Crippen molar-refractivity contribution < 1.29 is 14.3 Å². The summed E-state index contributed by atoms with van der Waals surface area (Å²) in [5.74, 6) is -0.208. The van der Waals surface area contributed by atoms with E-state index in [4.69, 9.17) is 21.1 Å². The van der Waals surface area contributed by atoms with Crippen molar-refractivity contribution in [3.8, 4) is 0 Å². The number of rotatable bonds is 5. The summed E-state index contributed by atoms with van der Waals surface area (Å²) in [5.41, 5.74) is 0.512. The second kappa shape index (κ2) is 7.28. The molecule has 0 aliphatic rings. The summed E-state index contributed by atoms with van der Waals surface area (Å²) in [6.07, 6.45) is -0.478. The van der Waals surface area contributed by atoms with Crippen LogP contribution in [-0.4, -0.2) is 32.5 Å². The lowest BCUT2D eigenvalue weighted by atomic mass is 10.2. The molecule has 1 aromatic carbocycles. The monoisotopic (exact) mass is 383 g/mol. The van der Waals surface area contributed by atoms with Gasteiger partial charge in [0.15, 0.2) is 6.29 Å². The standard InChI is InChI=1S/C12H15ClINO3/c1-7(12(17-2)18-3)15-11(16)8-4-5-10(14)9(13)6-8/h4-7,12H,1-3H3,(H,15,16). The van der Waals surface area contributed by atoms with E-state index in [9.17, 15) is 4.79 Å². The third-order valence-corrected chi connectivity index (χ3v) is 3.99. The first kappa shape index (κ1) is 15.7. The third kappa shape index (κ3) is 4.08. The van der Waals surface area contributed by atoms with Gasteiger partial charge in [-0.25, -0.2) is 0 Å². The minimum absolute atomic E-state index is 0.208. The fraction of sp³-hybridized carbons (Fsp3) is 0.417. The summed E-state index contributed by atoms with van der Waals surface area (Å²) < 4.78 is 11.1. The second-order valence-electron chi connectivity index (χ2n) is 3.73. The van der Waals surface area contributed by atoms with Gasteiger partial charge in [-0.05, 0) is 47.7 Å². The molecule has 1 rings (SSSR count). The molecular weight excluding hydrogens is 368 g/mol. The highest BCUT2D eigenvalue weighted by Crippen LogP contribution is 2.19. The Balaban J connectivity index is 2.73. The molecule has 1 unspecified atom stereocenters. The van der Waals surface area contributed by atoms with Crippen LogP contribution in [-0.2, 0) is 9.47 Å². The Labute approximate surface area is 125 Å². The Morgan fingerprint density at radius 2 is 2.00 bits per heavy atom. The van der Waals surface area contributed by atoms with E-state index in [1.807, 2.05) is 6.92 Å². The van der Waals surface area contributed by atoms with E-state index in [1.54, 1.807) is 18.2 Å². The van der Waals surface area contributed by atoms with Gasteiger partial charge in [-0.1, -0.05) is 11.6 Å². The number of ether oxygens (including phenoxy) is 2. The van der Waals surface area contributed by atoms with Crippen LogP contribution in [0, 0.1) is 3.57 Å². The number of hydrogen-bond donors (Lipinski definition) is 1. The van der Waals surface area contributed by atoms with Gasteiger partial charge in [-0.15, -0.1) is 0 Å². The van der Waals surface area contributed by atoms with Crippen LogP contribution in [0.3, 0.4) is 0 Å². The van der Waals surface area contributed by atoms with Crippen molar-refractivity contribution in [3.63, 3.8) is 0 Å². The average Bonchev–Trinajstić information content (AvgIpc) is 2.34. The summed E-state index contributed by atoms with van der Waals surface area (Å²) in [7, 11) is 3.05. The molecule has 0 aromatic heterocycles. The van der Waals surface area contributed by atoms with Crippen LogP contribution < -0.4 is 5.32 Å². The van der Waals surface area contributed by atoms with Gasteiger partial charge < -0.3 is 14.8 Å². The van der Waals surface area contributed by atoms with Crippen LogP contribution >= 0.6 is 34.2 Å². The van der Waals surface area contributed by atoms with E-state index in [1.165, 1.54) is 14.2 Å². The molecule has 1 atom stereocenters. The van der Waals surface area contributed by atoms with Crippen molar-refractivity contribution in [2.45, 2.75) is 19.3 Å². The zero-order chi connectivity index (χ0) is 13.7. The molecule has 0 spiro atoms. The molecular formula is C12H15ClINO3. The smallest absolute Gasteiger partial charge is 0.251 e. The van der Waals surface area contributed by atoms with Gasteiger partial charge in [0.1, 0.15) is 0 Å². The Morgan fingerprint density at radius 3 is 2.50 bits per heavy atom. The first-order valence-corrected chi connectivity index (χ1v) is 6.76. The quantitative estimate of drug-likeness (QED) is 0.628. The normalized spacial score (nSPS) is 12.6. The fourth-order valence-corrected chi connectivity index (χ4v) is 2.02. The van der Waals surface area contributed by atoms with Crippen molar-refractivity contribution in [1.82, 2.24) is 5.32 Å². The summed E-state index contributed by atoms with van der Waals surface area (Å²) in [5, 5.41) is 3.36. The van der Waals surface area contributed by atoms with Crippen LogP contribution in [0.5, 0.6) is 0 Å². The van der Waals surface area contributed by atoms with E-state index < -0.39 is 6.29 Å². The largest absolute Gasteiger partial charge is 0.354 e. The molecule has 0 fully saturated rings. The average molecular weight is 384 g/mol. The van der Waals surface area contributed by atoms with Gasteiger partial charge >= 0.3 is 0 Å². The Kier molecular flexibility index (Phi) is 6.34. The number of halogens is 2. The van der Waals surface area contributed by atoms with Gasteiger partial charge in [0.25, 0.3) is 5.91 Å². The fourth-order valence-electron chi connectivity index (χ4n) is 1.50. The molecule has 100 valence electrons. The number of nitrogens with one attached hydrogen (secondary N) is 1. The van der Waals surface area contributed by atoms with E-state index in [0.29, 0.717) is 10.6 Å². The first-order valence-electron chi connectivity index (χ1n) is 5.31. The number of hydrogen-bond acceptors (Lipinski definition) is 3. The molecule has 0 heterocycles. The minimum Gasteiger partial charge on any atom is -0.354 e. The molecule has 0 radical (unpaired) electrons. The molecule has 0 saturated carbocycles. The van der Waals surface area contributed by atoms with Gasteiger partial charge in [0, 0.05) is 23.4 Å².